The quantitative estimate of drug-likeness (QED) is 0.815. The van der Waals surface area contributed by atoms with Gasteiger partial charge in [0.05, 0.1) is 0 Å². The van der Waals surface area contributed by atoms with E-state index in [0.717, 1.165) is 6.54 Å². The minimum Gasteiger partial charge on any atom is -0.383 e. The van der Waals surface area contributed by atoms with E-state index < -0.39 is 0 Å². The van der Waals surface area contributed by atoms with Gasteiger partial charge in [-0.3, -0.25) is 0 Å². The SMILES string of the molecule is Cc1ccc(NCC2CCCCN2)cc1C. The van der Waals surface area contributed by atoms with Gasteiger partial charge in [0, 0.05) is 18.3 Å². The molecule has 1 aromatic rings. The van der Waals surface area contributed by atoms with Crippen molar-refractivity contribution in [3.05, 3.63) is 29.3 Å². The van der Waals surface area contributed by atoms with Crippen molar-refractivity contribution in [3.8, 4) is 0 Å². The summed E-state index contributed by atoms with van der Waals surface area (Å²) in [6, 6.07) is 7.24. The molecule has 2 heteroatoms. The molecule has 1 aromatic carbocycles. The molecule has 0 aliphatic carbocycles. The van der Waals surface area contributed by atoms with Crippen LogP contribution in [-0.2, 0) is 0 Å². The van der Waals surface area contributed by atoms with E-state index in [-0.39, 0.29) is 0 Å². The van der Waals surface area contributed by atoms with Gasteiger partial charge in [0.2, 0.25) is 0 Å². The average molecular weight is 218 g/mol. The van der Waals surface area contributed by atoms with Gasteiger partial charge in [-0.1, -0.05) is 12.5 Å². The molecule has 0 saturated carbocycles. The largest absolute Gasteiger partial charge is 0.383 e. The van der Waals surface area contributed by atoms with Crippen molar-refractivity contribution in [2.24, 2.45) is 0 Å². The number of piperidine rings is 1. The topological polar surface area (TPSA) is 24.1 Å². The maximum absolute atomic E-state index is 3.55. The molecule has 0 bridgehead atoms. The number of rotatable bonds is 3. The highest BCUT2D eigenvalue weighted by atomic mass is 15.0. The summed E-state index contributed by atoms with van der Waals surface area (Å²) in [4.78, 5) is 0. The number of nitrogens with one attached hydrogen (secondary N) is 2. The molecule has 88 valence electrons. The first-order chi connectivity index (χ1) is 7.75. The molecule has 1 heterocycles. The summed E-state index contributed by atoms with van der Waals surface area (Å²) in [6.07, 6.45) is 4.00. The average Bonchev–Trinajstić information content (AvgIpc) is 2.32. The van der Waals surface area contributed by atoms with Crippen LogP contribution in [0.1, 0.15) is 30.4 Å². The molecule has 1 unspecified atom stereocenters. The number of anilines is 1. The molecule has 2 nitrogen and oxygen atoms in total. The Kier molecular flexibility index (Phi) is 3.83. The van der Waals surface area contributed by atoms with Crippen LogP contribution in [0.2, 0.25) is 0 Å². The standard InChI is InChI=1S/C14H22N2/c1-11-6-7-13(9-12(11)2)16-10-14-5-3-4-8-15-14/h6-7,9,14-16H,3-5,8,10H2,1-2H3. The number of hydrogen-bond donors (Lipinski definition) is 2. The third-order valence-electron chi connectivity index (χ3n) is 3.47. The molecule has 2 N–H and O–H groups in total. The Hall–Kier alpha value is -1.02. The van der Waals surface area contributed by atoms with Crippen LogP contribution in [-0.4, -0.2) is 19.1 Å². The molecule has 0 amide bonds. The zero-order valence-corrected chi connectivity index (χ0v) is 10.3. The van der Waals surface area contributed by atoms with E-state index in [0.29, 0.717) is 6.04 Å². The van der Waals surface area contributed by atoms with Crippen LogP contribution in [0, 0.1) is 13.8 Å². The zero-order valence-electron chi connectivity index (χ0n) is 10.3. The van der Waals surface area contributed by atoms with Crippen molar-refractivity contribution < 1.29 is 0 Å². The number of benzene rings is 1. The highest BCUT2D eigenvalue weighted by molar-refractivity contribution is 5.48. The predicted molar refractivity (Wildman–Crippen MR) is 70.0 cm³/mol. The molecular weight excluding hydrogens is 196 g/mol. The van der Waals surface area contributed by atoms with E-state index in [4.69, 9.17) is 0 Å². The van der Waals surface area contributed by atoms with Crippen LogP contribution >= 0.6 is 0 Å². The molecule has 1 fully saturated rings. The monoisotopic (exact) mass is 218 g/mol. The van der Waals surface area contributed by atoms with Crippen molar-refractivity contribution >= 4 is 5.69 Å². The van der Waals surface area contributed by atoms with E-state index in [1.165, 1.54) is 42.6 Å². The summed E-state index contributed by atoms with van der Waals surface area (Å²) in [5.41, 5.74) is 3.97. The van der Waals surface area contributed by atoms with Crippen LogP contribution in [0.5, 0.6) is 0 Å². The lowest BCUT2D eigenvalue weighted by molar-refractivity contribution is 0.414. The number of hydrogen-bond acceptors (Lipinski definition) is 2. The first-order valence-corrected chi connectivity index (χ1v) is 6.30. The Labute approximate surface area is 98.4 Å². The maximum Gasteiger partial charge on any atom is 0.0343 e. The molecular formula is C14H22N2. The molecule has 2 rings (SSSR count). The van der Waals surface area contributed by atoms with Gasteiger partial charge in [-0.25, -0.2) is 0 Å². The molecule has 16 heavy (non-hydrogen) atoms. The van der Waals surface area contributed by atoms with Crippen molar-refractivity contribution in [1.29, 1.82) is 0 Å². The van der Waals surface area contributed by atoms with Crippen LogP contribution in [0.3, 0.4) is 0 Å². The predicted octanol–water partition coefficient (Wildman–Crippen LogP) is 2.86. The van der Waals surface area contributed by atoms with Gasteiger partial charge in [0.15, 0.2) is 0 Å². The van der Waals surface area contributed by atoms with Crippen LogP contribution < -0.4 is 10.6 Å². The lowest BCUT2D eigenvalue weighted by Crippen LogP contribution is -2.39. The van der Waals surface area contributed by atoms with Gasteiger partial charge in [0.1, 0.15) is 0 Å². The van der Waals surface area contributed by atoms with Crippen LogP contribution in [0.25, 0.3) is 0 Å². The van der Waals surface area contributed by atoms with E-state index in [1.807, 2.05) is 0 Å². The molecule has 0 radical (unpaired) electrons. The summed E-state index contributed by atoms with van der Waals surface area (Å²) < 4.78 is 0. The summed E-state index contributed by atoms with van der Waals surface area (Å²) >= 11 is 0. The fraction of sp³-hybridized carbons (Fsp3) is 0.571. The Morgan fingerprint density at radius 2 is 2.12 bits per heavy atom. The third kappa shape index (κ3) is 2.99. The second-order valence-electron chi connectivity index (χ2n) is 4.83. The van der Waals surface area contributed by atoms with Crippen molar-refractivity contribution in [3.63, 3.8) is 0 Å². The Morgan fingerprint density at radius 1 is 1.25 bits per heavy atom. The van der Waals surface area contributed by atoms with Crippen molar-refractivity contribution in [1.82, 2.24) is 5.32 Å². The molecule has 0 aromatic heterocycles. The Morgan fingerprint density at radius 3 is 2.81 bits per heavy atom. The van der Waals surface area contributed by atoms with Gasteiger partial charge in [0.25, 0.3) is 0 Å². The normalized spacial score (nSPS) is 20.8. The maximum atomic E-state index is 3.55. The summed E-state index contributed by atoms with van der Waals surface area (Å²) in [7, 11) is 0. The molecule has 1 saturated heterocycles. The van der Waals surface area contributed by atoms with Crippen molar-refractivity contribution in [2.75, 3.05) is 18.4 Å². The molecule has 1 aliphatic rings. The highest BCUT2D eigenvalue weighted by Crippen LogP contribution is 2.15. The van der Waals surface area contributed by atoms with Crippen LogP contribution in [0.15, 0.2) is 18.2 Å². The third-order valence-corrected chi connectivity index (χ3v) is 3.47. The first kappa shape index (κ1) is 11.5. The van der Waals surface area contributed by atoms with Crippen molar-refractivity contribution in [2.45, 2.75) is 39.2 Å². The lowest BCUT2D eigenvalue weighted by atomic mass is 10.0. The second-order valence-corrected chi connectivity index (χ2v) is 4.83. The second kappa shape index (κ2) is 5.35. The summed E-state index contributed by atoms with van der Waals surface area (Å²) in [5.74, 6) is 0. The summed E-state index contributed by atoms with van der Waals surface area (Å²) in [6.45, 7) is 6.54. The minimum atomic E-state index is 0.648. The van der Waals surface area contributed by atoms with Gasteiger partial charge < -0.3 is 10.6 Å². The van der Waals surface area contributed by atoms with Crippen LogP contribution in [0.4, 0.5) is 5.69 Å². The molecule has 1 aliphatic heterocycles. The smallest absolute Gasteiger partial charge is 0.0343 e. The minimum absolute atomic E-state index is 0.648. The fourth-order valence-electron chi connectivity index (χ4n) is 2.19. The highest BCUT2D eigenvalue weighted by Gasteiger charge is 2.11. The van der Waals surface area contributed by atoms with E-state index in [2.05, 4.69) is 42.7 Å². The number of aryl methyl sites for hydroxylation is 2. The Bertz CT molecular complexity index is 341. The first-order valence-electron chi connectivity index (χ1n) is 6.30. The van der Waals surface area contributed by atoms with E-state index in [1.54, 1.807) is 0 Å². The summed E-state index contributed by atoms with van der Waals surface area (Å²) in [5, 5.41) is 7.07. The van der Waals surface area contributed by atoms with Gasteiger partial charge in [-0.15, -0.1) is 0 Å². The van der Waals surface area contributed by atoms with E-state index >= 15 is 0 Å². The van der Waals surface area contributed by atoms with Gasteiger partial charge in [-0.2, -0.15) is 0 Å². The zero-order chi connectivity index (χ0) is 11.4. The molecule has 1 atom stereocenters. The molecule has 0 spiro atoms. The van der Waals surface area contributed by atoms with E-state index in [9.17, 15) is 0 Å². The Balaban J connectivity index is 1.86. The van der Waals surface area contributed by atoms with Gasteiger partial charge >= 0.3 is 0 Å². The fourth-order valence-corrected chi connectivity index (χ4v) is 2.19. The van der Waals surface area contributed by atoms with Gasteiger partial charge in [-0.05, 0) is 56.5 Å². The lowest BCUT2D eigenvalue weighted by Gasteiger charge is -2.24.